The number of aryl methyl sites for hydroxylation is 1. The lowest BCUT2D eigenvalue weighted by molar-refractivity contribution is 0.205. The average molecular weight is 299 g/mol. The molecule has 0 fully saturated rings. The van der Waals surface area contributed by atoms with E-state index in [9.17, 15) is 4.79 Å². The van der Waals surface area contributed by atoms with Gasteiger partial charge in [0.1, 0.15) is 0 Å². The van der Waals surface area contributed by atoms with Gasteiger partial charge in [0.05, 0.1) is 6.54 Å². The molecule has 2 rings (SSSR count). The Kier molecular flexibility index (Phi) is 5.64. The Morgan fingerprint density at radius 3 is 2.59 bits per heavy atom. The molecule has 4 nitrogen and oxygen atoms in total. The molecular weight excluding hydrogens is 274 g/mol. The van der Waals surface area contributed by atoms with E-state index in [2.05, 4.69) is 36.5 Å². The predicted molar refractivity (Wildman–Crippen MR) is 89.8 cm³/mol. The second kappa shape index (κ2) is 7.69. The minimum absolute atomic E-state index is 0.0264. The van der Waals surface area contributed by atoms with Crippen LogP contribution >= 0.6 is 0 Å². The van der Waals surface area contributed by atoms with Gasteiger partial charge in [0.2, 0.25) is 0 Å². The number of benzene rings is 1. The number of amides is 2. The molecule has 0 saturated heterocycles. The van der Waals surface area contributed by atoms with Crippen LogP contribution in [0.2, 0.25) is 0 Å². The zero-order valence-electron chi connectivity index (χ0n) is 13.6. The summed E-state index contributed by atoms with van der Waals surface area (Å²) >= 11 is 0. The fraction of sp³-hybridized carbons (Fsp3) is 0.389. The zero-order chi connectivity index (χ0) is 15.9. The molecule has 22 heavy (non-hydrogen) atoms. The number of nitrogens with one attached hydrogen (secondary N) is 1. The molecule has 2 aromatic rings. The van der Waals surface area contributed by atoms with Crippen molar-refractivity contribution in [3.8, 4) is 0 Å². The Morgan fingerprint density at radius 2 is 1.95 bits per heavy atom. The quantitative estimate of drug-likeness (QED) is 0.872. The van der Waals surface area contributed by atoms with Crippen molar-refractivity contribution >= 4 is 6.03 Å². The number of aromatic nitrogens is 1. The normalized spacial score (nSPS) is 12.0. The smallest absolute Gasteiger partial charge is 0.317 e. The van der Waals surface area contributed by atoms with Crippen LogP contribution in [0, 0.1) is 0 Å². The Labute approximate surface area is 132 Å². The molecule has 1 atom stereocenters. The molecule has 1 unspecified atom stereocenters. The van der Waals surface area contributed by atoms with Gasteiger partial charge in [-0.3, -0.25) is 0 Å². The summed E-state index contributed by atoms with van der Waals surface area (Å²) in [4.78, 5) is 13.8. The molecule has 0 aliphatic carbocycles. The second-order valence-corrected chi connectivity index (χ2v) is 5.80. The van der Waals surface area contributed by atoms with Gasteiger partial charge in [-0.15, -0.1) is 0 Å². The number of nitrogens with zero attached hydrogens (tertiary/aromatic N) is 2. The minimum atomic E-state index is -0.0264. The average Bonchev–Trinajstić information content (AvgIpc) is 2.93. The Morgan fingerprint density at radius 1 is 1.23 bits per heavy atom. The van der Waals surface area contributed by atoms with E-state index in [1.165, 1.54) is 5.56 Å². The van der Waals surface area contributed by atoms with Crippen molar-refractivity contribution < 1.29 is 4.79 Å². The molecule has 1 aromatic heterocycles. The molecule has 1 aromatic carbocycles. The second-order valence-electron chi connectivity index (χ2n) is 5.80. The van der Waals surface area contributed by atoms with E-state index in [-0.39, 0.29) is 6.03 Å². The van der Waals surface area contributed by atoms with E-state index < -0.39 is 0 Å². The molecule has 4 heteroatoms. The molecule has 1 heterocycles. The molecule has 2 amide bonds. The van der Waals surface area contributed by atoms with Crippen molar-refractivity contribution in [2.24, 2.45) is 7.05 Å². The van der Waals surface area contributed by atoms with Gasteiger partial charge in [0, 0.05) is 32.5 Å². The van der Waals surface area contributed by atoms with Gasteiger partial charge in [-0.1, -0.05) is 37.3 Å². The maximum absolute atomic E-state index is 12.1. The van der Waals surface area contributed by atoms with Gasteiger partial charge in [0.25, 0.3) is 0 Å². The van der Waals surface area contributed by atoms with Crippen molar-refractivity contribution in [1.82, 2.24) is 14.8 Å². The fourth-order valence-electron chi connectivity index (χ4n) is 2.45. The van der Waals surface area contributed by atoms with Crippen LogP contribution in [0.15, 0.2) is 48.7 Å². The van der Waals surface area contributed by atoms with Crippen LogP contribution in [-0.4, -0.2) is 29.1 Å². The first-order chi connectivity index (χ1) is 10.6. The predicted octanol–water partition coefficient (Wildman–Crippen LogP) is 3.36. The van der Waals surface area contributed by atoms with Gasteiger partial charge < -0.3 is 14.8 Å². The maximum atomic E-state index is 12.1. The lowest BCUT2D eigenvalue weighted by atomic mass is 9.98. The van der Waals surface area contributed by atoms with Crippen LogP contribution in [-0.2, 0) is 13.6 Å². The summed E-state index contributed by atoms with van der Waals surface area (Å²) in [6.45, 7) is 3.49. The summed E-state index contributed by atoms with van der Waals surface area (Å²) in [6.07, 6.45) is 2.93. The van der Waals surface area contributed by atoms with Crippen molar-refractivity contribution in [1.29, 1.82) is 0 Å². The first-order valence-corrected chi connectivity index (χ1v) is 7.72. The summed E-state index contributed by atoms with van der Waals surface area (Å²) in [5, 5.41) is 2.99. The van der Waals surface area contributed by atoms with Crippen molar-refractivity contribution in [2.45, 2.75) is 25.8 Å². The molecule has 1 N–H and O–H groups in total. The molecule has 0 radical (unpaired) electrons. The highest BCUT2D eigenvalue weighted by atomic mass is 16.2. The molecule has 0 aliphatic heterocycles. The van der Waals surface area contributed by atoms with Gasteiger partial charge >= 0.3 is 6.03 Å². The number of hydrogen-bond acceptors (Lipinski definition) is 1. The molecule has 0 spiro atoms. The van der Waals surface area contributed by atoms with Crippen LogP contribution in [0.3, 0.4) is 0 Å². The molecule has 0 saturated carbocycles. The third-order valence-electron chi connectivity index (χ3n) is 4.02. The van der Waals surface area contributed by atoms with Crippen LogP contribution in [0.4, 0.5) is 4.79 Å². The Bertz CT molecular complexity index is 591. The fourth-order valence-corrected chi connectivity index (χ4v) is 2.45. The van der Waals surface area contributed by atoms with Crippen molar-refractivity contribution in [2.75, 3.05) is 13.6 Å². The summed E-state index contributed by atoms with van der Waals surface area (Å²) in [6, 6.07) is 14.4. The maximum Gasteiger partial charge on any atom is 0.317 e. The van der Waals surface area contributed by atoms with Crippen molar-refractivity contribution in [3.05, 3.63) is 59.9 Å². The number of urea groups is 1. The highest BCUT2D eigenvalue weighted by molar-refractivity contribution is 5.73. The van der Waals surface area contributed by atoms with E-state index >= 15 is 0 Å². The Hall–Kier alpha value is -2.23. The summed E-state index contributed by atoms with van der Waals surface area (Å²) < 4.78 is 2.03. The molecule has 0 bridgehead atoms. The van der Waals surface area contributed by atoms with Gasteiger partial charge in [-0.2, -0.15) is 0 Å². The van der Waals surface area contributed by atoms with Gasteiger partial charge in [-0.25, -0.2) is 4.79 Å². The first kappa shape index (κ1) is 16.1. The lowest BCUT2D eigenvalue weighted by Crippen LogP contribution is -2.37. The zero-order valence-corrected chi connectivity index (χ0v) is 13.6. The number of rotatable bonds is 6. The molecule has 0 aliphatic rings. The number of carbonyl (C=O) groups excluding carboxylic acids is 1. The number of carbonyl (C=O) groups is 1. The molecule has 118 valence electrons. The summed E-state index contributed by atoms with van der Waals surface area (Å²) in [5.41, 5.74) is 2.43. The van der Waals surface area contributed by atoms with Crippen molar-refractivity contribution in [3.63, 3.8) is 0 Å². The van der Waals surface area contributed by atoms with Gasteiger partial charge in [0.15, 0.2) is 0 Å². The van der Waals surface area contributed by atoms with Crippen LogP contribution in [0.1, 0.15) is 30.5 Å². The Balaban J connectivity index is 1.74. The highest BCUT2D eigenvalue weighted by Gasteiger charge is 2.11. The summed E-state index contributed by atoms with van der Waals surface area (Å²) in [7, 11) is 3.81. The third-order valence-corrected chi connectivity index (χ3v) is 4.02. The van der Waals surface area contributed by atoms with E-state index in [4.69, 9.17) is 0 Å². The topological polar surface area (TPSA) is 37.3 Å². The van der Waals surface area contributed by atoms with E-state index in [1.54, 1.807) is 4.90 Å². The first-order valence-electron chi connectivity index (χ1n) is 7.72. The standard InChI is InChI=1S/C18H25N3O/c1-15(16-8-5-4-6-9-16)11-12-19-18(22)21(3)14-17-10-7-13-20(17)2/h4-10,13,15H,11-12,14H2,1-3H3,(H,19,22). The summed E-state index contributed by atoms with van der Waals surface area (Å²) in [5.74, 6) is 0.444. The van der Waals surface area contributed by atoms with Gasteiger partial charge in [-0.05, 0) is 30.0 Å². The monoisotopic (exact) mass is 299 g/mol. The van der Waals surface area contributed by atoms with E-state index in [0.717, 1.165) is 12.1 Å². The van der Waals surface area contributed by atoms with Crippen LogP contribution in [0.5, 0.6) is 0 Å². The highest BCUT2D eigenvalue weighted by Crippen LogP contribution is 2.17. The minimum Gasteiger partial charge on any atom is -0.353 e. The van der Waals surface area contributed by atoms with E-state index in [1.807, 2.05) is 43.1 Å². The third kappa shape index (κ3) is 4.38. The SMILES string of the molecule is CC(CCNC(=O)N(C)Cc1cccn1C)c1ccccc1. The lowest BCUT2D eigenvalue weighted by Gasteiger charge is -2.19. The van der Waals surface area contributed by atoms with E-state index in [0.29, 0.717) is 19.0 Å². The number of hydrogen-bond donors (Lipinski definition) is 1. The largest absolute Gasteiger partial charge is 0.353 e. The molecular formula is C18H25N3O. The van der Waals surface area contributed by atoms with Crippen LogP contribution < -0.4 is 5.32 Å². The van der Waals surface area contributed by atoms with Crippen LogP contribution in [0.25, 0.3) is 0 Å².